The molecule has 4 N–H and O–H groups in total. The number of nitrogens with two attached hydrogens (primary N) is 1. The van der Waals surface area contributed by atoms with Crippen molar-refractivity contribution in [1.82, 2.24) is 0 Å². The SMILES string of the molecule is CCC[C@H](CCO)N=Cc1cc(NC(=O)c2cccc(C3CC3)[n+]2OC)c(OC)cc1N. The number of anilines is 2. The van der Waals surface area contributed by atoms with Gasteiger partial charge in [-0.05, 0) is 37.8 Å². The summed E-state index contributed by atoms with van der Waals surface area (Å²) in [4.78, 5) is 23.2. The number of aliphatic hydroxyl groups excluding tert-OH is 1. The Morgan fingerprint density at radius 3 is 2.75 bits per heavy atom. The van der Waals surface area contributed by atoms with Crippen LogP contribution in [0.15, 0.2) is 35.3 Å². The van der Waals surface area contributed by atoms with Crippen LogP contribution in [-0.2, 0) is 0 Å². The van der Waals surface area contributed by atoms with Crippen LogP contribution < -0.4 is 25.4 Å². The van der Waals surface area contributed by atoms with Gasteiger partial charge in [0.2, 0.25) is 5.69 Å². The first kappa shape index (κ1) is 23.5. The molecule has 1 fully saturated rings. The Labute approximate surface area is 189 Å². The van der Waals surface area contributed by atoms with Crippen molar-refractivity contribution in [1.29, 1.82) is 0 Å². The predicted octanol–water partition coefficient (Wildman–Crippen LogP) is 2.72. The van der Waals surface area contributed by atoms with Crippen molar-refractivity contribution in [3.63, 3.8) is 0 Å². The first-order chi connectivity index (χ1) is 15.5. The predicted molar refractivity (Wildman–Crippen MR) is 124 cm³/mol. The van der Waals surface area contributed by atoms with Crippen LogP contribution in [0.25, 0.3) is 0 Å². The molecule has 3 rings (SSSR count). The number of nitrogen functional groups attached to an aromatic ring is 1. The number of aliphatic imine (C=N–C) groups is 1. The molecule has 1 aliphatic rings. The zero-order chi connectivity index (χ0) is 23.1. The third-order valence-corrected chi connectivity index (χ3v) is 5.55. The molecule has 1 atom stereocenters. The van der Waals surface area contributed by atoms with E-state index in [4.69, 9.17) is 15.3 Å². The van der Waals surface area contributed by atoms with Gasteiger partial charge in [0.05, 0.1) is 18.8 Å². The minimum atomic E-state index is -0.315. The summed E-state index contributed by atoms with van der Waals surface area (Å²) >= 11 is 0. The number of nitrogens with zero attached hydrogens (tertiary/aromatic N) is 2. The van der Waals surface area contributed by atoms with Crippen molar-refractivity contribution in [2.75, 3.05) is 31.9 Å². The molecule has 1 aliphatic carbocycles. The lowest BCUT2D eigenvalue weighted by atomic mass is 10.1. The molecule has 1 heterocycles. The van der Waals surface area contributed by atoms with Crippen LogP contribution in [0, 0.1) is 0 Å². The minimum Gasteiger partial charge on any atom is -0.494 e. The maximum absolute atomic E-state index is 13.1. The Morgan fingerprint density at radius 2 is 2.12 bits per heavy atom. The number of ether oxygens (including phenoxy) is 1. The number of benzene rings is 1. The number of carbonyl (C=O) groups is 1. The molecule has 1 aromatic carbocycles. The molecule has 0 spiro atoms. The Morgan fingerprint density at radius 1 is 1.34 bits per heavy atom. The van der Waals surface area contributed by atoms with Gasteiger partial charge in [-0.2, -0.15) is 0 Å². The fourth-order valence-electron chi connectivity index (χ4n) is 3.70. The second-order valence-electron chi connectivity index (χ2n) is 7.96. The third-order valence-electron chi connectivity index (χ3n) is 5.55. The number of pyridine rings is 1. The fraction of sp³-hybridized carbons (Fsp3) is 0.458. The average Bonchev–Trinajstić information content (AvgIpc) is 3.64. The average molecular weight is 442 g/mol. The van der Waals surface area contributed by atoms with E-state index in [2.05, 4.69) is 17.2 Å². The molecule has 0 radical (unpaired) electrons. The van der Waals surface area contributed by atoms with Crippen molar-refractivity contribution < 1.29 is 24.2 Å². The number of amides is 1. The summed E-state index contributed by atoms with van der Waals surface area (Å²) in [6.45, 7) is 2.17. The van der Waals surface area contributed by atoms with Crippen LogP contribution in [0.4, 0.5) is 11.4 Å². The minimum absolute atomic E-state index is 0.0235. The van der Waals surface area contributed by atoms with Gasteiger partial charge in [0.1, 0.15) is 12.9 Å². The summed E-state index contributed by atoms with van der Waals surface area (Å²) in [5.41, 5.74) is 9.23. The van der Waals surface area contributed by atoms with Crippen LogP contribution in [0.5, 0.6) is 5.75 Å². The lowest BCUT2D eigenvalue weighted by Crippen LogP contribution is -2.50. The topological polar surface area (TPSA) is 110 Å². The summed E-state index contributed by atoms with van der Waals surface area (Å²) in [7, 11) is 3.08. The molecule has 1 aromatic heterocycles. The molecule has 0 bridgehead atoms. The van der Waals surface area contributed by atoms with Gasteiger partial charge in [-0.15, -0.1) is 0 Å². The van der Waals surface area contributed by atoms with Crippen LogP contribution in [0.2, 0.25) is 0 Å². The highest BCUT2D eigenvalue weighted by Crippen LogP contribution is 2.38. The second-order valence-corrected chi connectivity index (χ2v) is 7.96. The zero-order valence-electron chi connectivity index (χ0n) is 19.0. The van der Waals surface area contributed by atoms with Crippen LogP contribution in [0.1, 0.15) is 66.7 Å². The molecule has 2 aromatic rings. The standard InChI is InChI=1S/C24H32N4O4/c1-4-6-18(11-12-29)26-15-17-13-20(23(31-2)14-19(17)25)27-24(30)22-8-5-7-21(16-9-10-16)28(22)32-3/h5,7-8,13-16,18,25,29-30H,4,6,9-12H2,1-3H3/p+1/t18-/m1/s1. The summed E-state index contributed by atoms with van der Waals surface area (Å²) < 4.78 is 7.03. The summed E-state index contributed by atoms with van der Waals surface area (Å²) in [6.07, 6.45) is 6.34. The number of aliphatic hydroxyl groups is 1. The van der Waals surface area contributed by atoms with Gasteiger partial charge in [0.15, 0.2) is 0 Å². The van der Waals surface area contributed by atoms with Gasteiger partial charge in [-0.25, -0.2) is 0 Å². The van der Waals surface area contributed by atoms with E-state index in [-0.39, 0.29) is 18.6 Å². The van der Waals surface area contributed by atoms with E-state index < -0.39 is 0 Å². The maximum atomic E-state index is 13.1. The molecule has 172 valence electrons. The Kier molecular flexibility index (Phi) is 8.05. The van der Waals surface area contributed by atoms with E-state index in [1.807, 2.05) is 12.1 Å². The lowest BCUT2D eigenvalue weighted by molar-refractivity contribution is -0.891. The third kappa shape index (κ3) is 5.56. The van der Waals surface area contributed by atoms with Gasteiger partial charge >= 0.3 is 11.6 Å². The molecule has 0 unspecified atom stereocenters. The Hall–Kier alpha value is -3.13. The fourth-order valence-corrected chi connectivity index (χ4v) is 3.70. The van der Waals surface area contributed by atoms with Crippen molar-refractivity contribution in [3.05, 3.63) is 47.3 Å². The highest BCUT2D eigenvalue weighted by molar-refractivity contribution is 6.04. The second kappa shape index (κ2) is 10.9. The van der Waals surface area contributed by atoms with E-state index >= 15 is 0 Å². The number of methoxy groups -OCH3 is 1. The van der Waals surface area contributed by atoms with Gasteiger partial charge in [-0.1, -0.05) is 13.3 Å². The normalized spacial score (nSPS) is 14.4. The number of rotatable bonds is 11. The van der Waals surface area contributed by atoms with Gasteiger partial charge in [0.25, 0.3) is 0 Å². The van der Waals surface area contributed by atoms with E-state index in [0.717, 1.165) is 31.4 Å². The van der Waals surface area contributed by atoms with E-state index in [9.17, 15) is 9.90 Å². The molecule has 1 saturated carbocycles. The van der Waals surface area contributed by atoms with Gasteiger partial charge in [-0.3, -0.25) is 14.6 Å². The molecule has 1 amide bonds. The van der Waals surface area contributed by atoms with Crippen molar-refractivity contribution in [2.45, 2.75) is 51.0 Å². The smallest absolute Gasteiger partial charge is 0.325 e. The summed E-state index contributed by atoms with van der Waals surface area (Å²) in [5.74, 6) is 0.562. The van der Waals surface area contributed by atoms with Crippen molar-refractivity contribution in [3.8, 4) is 5.75 Å². The number of hydrogen-bond acceptors (Lipinski definition) is 6. The molecule has 0 aliphatic heterocycles. The molecule has 0 saturated heterocycles. The lowest BCUT2D eigenvalue weighted by Gasteiger charge is -2.13. The first-order valence-electron chi connectivity index (χ1n) is 11.0. The molecular formula is C24H33N4O4+. The van der Waals surface area contributed by atoms with Gasteiger partial charge in [0, 0.05) is 52.9 Å². The van der Waals surface area contributed by atoms with Crippen molar-refractivity contribution in [2.24, 2.45) is 4.99 Å². The molecule has 8 nitrogen and oxygen atoms in total. The molecule has 8 heteroatoms. The van der Waals surface area contributed by atoms with E-state index in [1.54, 1.807) is 36.3 Å². The summed E-state index contributed by atoms with van der Waals surface area (Å²) in [6, 6.07) is 9.01. The van der Waals surface area contributed by atoms with Crippen LogP contribution >= 0.6 is 0 Å². The summed E-state index contributed by atoms with van der Waals surface area (Å²) in [5, 5.41) is 12.2. The Balaban J connectivity index is 1.88. The first-order valence-corrected chi connectivity index (χ1v) is 11.0. The number of aromatic nitrogens is 1. The monoisotopic (exact) mass is 441 g/mol. The van der Waals surface area contributed by atoms with E-state index in [0.29, 0.717) is 40.7 Å². The van der Waals surface area contributed by atoms with E-state index in [1.165, 1.54) is 7.11 Å². The highest BCUT2D eigenvalue weighted by atomic mass is 16.6. The quantitative estimate of drug-likeness (QED) is 0.282. The van der Waals surface area contributed by atoms with Crippen LogP contribution in [-0.4, -0.2) is 44.1 Å². The molecular weight excluding hydrogens is 408 g/mol. The number of carbonyl (C=O) groups excluding carboxylic acids is 1. The van der Waals surface area contributed by atoms with Gasteiger partial charge < -0.3 is 20.9 Å². The highest BCUT2D eigenvalue weighted by Gasteiger charge is 2.36. The van der Waals surface area contributed by atoms with Crippen LogP contribution in [0.3, 0.4) is 0 Å². The molecule has 32 heavy (non-hydrogen) atoms. The maximum Gasteiger partial charge on any atom is 0.325 e. The number of nitrogens with one attached hydrogen (secondary N) is 1. The number of hydrogen-bond donors (Lipinski definition) is 3. The zero-order valence-corrected chi connectivity index (χ0v) is 19.0. The largest absolute Gasteiger partial charge is 0.494 e. The van der Waals surface area contributed by atoms with Crippen molar-refractivity contribution >= 4 is 23.5 Å². The Bertz CT molecular complexity index is 967.